The van der Waals surface area contributed by atoms with Gasteiger partial charge >= 0.3 is 0 Å². The summed E-state index contributed by atoms with van der Waals surface area (Å²) in [5.74, 6) is -0.860. The van der Waals surface area contributed by atoms with Crippen LogP contribution in [0.1, 0.15) is 86.0 Å². The number of halogens is 2. The molecular formula is C33H37F2NO2. The molecule has 0 amide bonds. The third kappa shape index (κ3) is 6.50. The highest BCUT2D eigenvalue weighted by Crippen LogP contribution is 2.35. The van der Waals surface area contributed by atoms with E-state index in [1.807, 2.05) is 30.3 Å². The molecule has 0 atom stereocenters. The molecule has 5 heteroatoms. The second-order valence-corrected chi connectivity index (χ2v) is 10.2. The fourth-order valence-electron chi connectivity index (χ4n) is 5.07. The van der Waals surface area contributed by atoms with Crippen LogP contribution in [0.25, 0.3) is 10.9 Å². The van der Waals surface area contributed by atoms with E-state index in [-0.39, 0.29) is 18.1 Å². The van der Waals surface area contributed by atoms with Crippen molar-refractivity contribution in [1.29, 1.82) is 0 Å². The maximum atomic E-state index is 13.7. The number of fused-ring (bicyclic) bond motifs is 1. The molecule has 0 bridgehead atoms. The third-order valence-electron chi connectivity index (χ3n) is 6.98. The van der Waals surface area contributed by atoms with E-state index < -0.39 is 11.6 Å². The number of Topliss-reactive ketones (excluding diaryl/α,β-unsaturated/α-hetero) is 1. The van der Waals surface area contributed by atoms with Gasteiger partial charge in [0.15, 0.2) is 17.4 Å². The van der Waals surface area contributed by atoms with Crippen molar-refractivity contribution >= 4 is 16.7 Å². The summed E-state index contributed by atoms with van der Waals surface area (Å²) in [6, 6.07) is 20.1. The van der Waals surface area contributed by atoms with E-state index in [2.05, 4.69) is 43.5 Å². The van der Waals surface area contributed by atoms with E-state index in [1.165, 1.54) is 25.0 Å². The monoisotopic (exact) mass is 517 g/mol. The molecule has 0 unspecified atom stereocenters. The molecule has 3 nitrogen and oxygen atoms in total. The van der Waals surface area contributed by atoms with E-state index in [0.717, 1.165) is 46.8 Å². The Balaban J connectivity index is 1.70. The zero-order valence-corrected chi connectivity index (χ0v) is 22.6. The molecular weight excluding hydrogens is 480 g/mol. The van der Waals surface area contributed by atoms with Crippen molar-refractivity contribution in [2.45, 2.75) is 71.8 Å². The molecule has 0 saturated carbocycles. The van der Waals surface area contributed by atoms with Crippen molar-refractivity contribution in [2.24, 2.45) is 0 Å². The Hall–Kier alpha value is -3.47. The lowest BCUT2D eigenvalue weighted by Crippen LogP contribution is -2.11. The maximum Gasteiger partial charge on any atom is 0.165 e. The van der Waals surface area contributed by atoms with Gasteiger partial charge in [0.05, 0.1) is 12.1 Å². The number of benzene rings is 3. The summed E-state index contributed by atoms with van der Waals surface area (Å²) in [5.41, 5.74) is 4.43. The minimum Gasteiger partial charge on any atom is -0.494 e. The number of ether oxygens (including phenoxy) is 1. The number of ketones is 1. The molecule has 38 heavy (non-hydrogen) atoms. The van der Waals surface area contributed by atoms with Gasteiger partial charge < -0.3 is 9.30 Å². The molecule has 4 rings (SSSR count). The van der Waals surface area contributed by atoms with E-state index >= 15 is 0 Å². The molecule has 0 radical (unpaired) electrons. The first kappa shape index (κ1) is 27.6. The fourth-order valence-corrected chi connectivity index (χ4v) is 5.07. The number of rotatable bonds is 13. The number of hydrogen-bond acceptors (Lipinski definition) is 2. The van der Waals surface area contributed by atoms with Crippen LogP contribution in [-0.4, -0.2) is 17.0 Å². The maximum absolute atomic E-state index is 13.7. The molecule has 0 aliphatic heterocycles. The van der Waals surface area contributed by atoms with Crippen molar-refractivity contribution in [3.8, 4) is 5.75 Å². The van der Waals surface area contributed by atoms with Crippen molar-refractivity contribution in [3.63, 3.8) is 0 Å². The zero-order valence-electron chi connectivity index (χ0n) is 22.6. The van der Waals surface area contributed by atoms with Gasteiger partial charge in [-0.05, 0) is 54.2 Å². The Labute approximate surface area is 224 Å². The summed E-state index contributed by atoms with van der Waals surface area (Å²) in [7, 11) is 0. The summed E-state index contributed by atoms with van der Waals surface area (Å²) in [6.07, 6.45) is 5.11. The number of unbranched alkanes of at least 4 members (excludes halogenated alkanes) is 3. The minimum absolute atomic E-state index is 0.00322. The summed E-state index contributed by atoms with van der Waals surface area (Å²) in [6.45, 7) is 7.71. The molecule has 0 N–H and O–H groups in total. The standard InChI is InChI=1S/C33H37F2NO2/c1-4-5-6-10-19-38-26-15-16-27-30(21-26)36(22-25-11-8-7-9-12-25)33(23(2)3)32(27)31(37)18-14-24-13-17-28(34)29(35)20-24/h7-9,11-13,15-17,20-21,23H,4-6,10,14,18-19,22H2,1-3H3. The van der Waals surface area contributed by atoms with Crippen LogP contribution in [0.4, 0.5) is 8.78 Å². The number of aromatic nitrogens is 1. The smallest absolute Gasteiger partial charge is 0.165 e. The van der Waals surface area contributed by atoms with Crippen molar-refractivity contribution in [2.75, 3.05) is 6.61 Å². The number of nitrogens with zero attached hydrogens (tertiary/aromatic N) is 1. The molecule has 0 spiro atoms. The lowest BCUT2D eigenvalue weighted by Gasteiger charge is -2.15. The quantitative estimate of drug-likeness (QED) is 0.131. The molecule has 0 saturated heterocycles. The Morgan fingerprint density at radius 1 is 0.895 bits per heavy atom. The summed E-state index contributed by atoms with van der Waals surface area (Å²) >= 11 is 0. The molecule has 3 aromatic carbocycles. The fraction of sp³-hybridized carbons (Fsp3) is 0.364. The van der Waals surface area contributed by atoms with Crippen molar-refractivity contribution in [3.05, 3.63) is 101 Å². The second-order valence-electron chi connectivity index (χ2n) is 10.2. The number of carbonyl (C=O) groups is 1. The molecule has 1 heterocycles. The van der Waals surface area contributed by atoms with Crippen LogP contribution in [0, 0.1) is 11.6 Å². The first-order chi connectivity index (χ1) is 18.4. The van der Waals surface area contributed by atoms with Crippen LogP contribution < -0.4 is 4.74 Å². The van der Waals surface area contributed by atoms with Crippen LogP contribution in [-0.2, 0) is 13.0 Å². The van der Waals surface area contributed by atoms with E-state index in [0.29, 0.717) is 30.7 Å². The van der Waals surface area contributed by atoms with Crippen LogP contribution in [0.15, 0.2) is 66.7 Å². The highest BCUT2D eigenvalue weighted by atomic mass is 19.2. The Kier molecular flexibility index (Phi) is 9.33. The first-order valence-corrected chi connectivity index (χ1v) is 13.7. The summed E-state index contributed by atoms with van der Waals surface area (Å²) < 4.78 is 35.4. The summed E-state index contributed by atoms with van der Waals surface area (Å²) in [5, 5.41) is 0.901. The minimum atomic E-state index is -0.889. The van der Waals surface area contributed by atoms with Gasteiger partial charge in [-0.2, -0.15) is 0 Å². The predicted molar refractivity (Wildman–Crippen MR) is 150 cm³/mol. The van der Waals surface area contributed by atoms with E-state index in [4.69, 9.17) is 4.74 Å². The van der Waals surface area contributed by atoms with E-state index in [1.54, 1.807) is 0 Å². The lowest BCUT2D eigenvalue weighted by atomic mass is 9.96. The lowest BCUT2D eigenvalue weighted by molar-refractivity contribution is 0.0982. The van der Waals surface area contributed by atoms with Gasteiger partial charge in [-0.25, -0.2) is 8.78 Å². The average molecular weight is 518 g/mol. The van der Waals surface area contributed by atoms with Crippen LogP contribution >= 0.6 is 0 Å². The van der Waals surface area contributed by atoms with Gasteiger partial charge in [-0.3, -0.25) is 4.79 Å². The largest absolute Gasteiger partial charge is 0.494 e. The van der Waals surface area contributed by atoms with Gasteiger partial charge in [0.2, 0.25) is 0 Å². The number of hydrogen-bond donors (Lipinski definition) is 0. The topological polar surface area (TPSA) is 31.2 Å². The van der Waals surface area contributed by atoms with Crippen LogP contribution in [0.5, 0.6) is 5.75 Å². The molecule has 0 aliphatic carbocycles. The van der Waals surface area contributed by atoms with Gasteiger partial charge in [-0.1, -0.05) is 76.4 Å². The highest BCUT2D eigenvalue weighted by molar-refractivity contribution is 6.10. The van der Waals surface area contributed by atoms with Gasteiger partial charge in [0.25, 0.3) is 0 Å². The molecule has 1 aromatic heterocycles. The van der Waals surface area contributed by atoms with Crippen LogP contribution in [0.3, 0.4) is 0 Å². The van der Waals surface area contributed by atoms with E-state index in [9.17, 15) is 13.6 Å². The Bertz CT molecular complexity index is 1380. The number of carbonyl (C=O) groups excluding carboxylic acids is 1. The normalized spacial score (nSPS) is 11.4. The van der Waals surface area contributed by atoms with Gasteiger partial charge in [0.1, 0.15) is 5.75 Å². The van der Waals surface area contributed by atoms with Gasteiger partial charge in [-0.15, -0.1) is 0 Å². The summed E-state index contributed by atoms with van der Waals surface area (Å²) in [4.78, 5) is 13.7. The highest BCUT2D eigenvalue weighted by Gasteiger charge is 2.25. The molecule has 200 valence electrons. The molecule has 4 aromatic rings. The first-order valence-electron chi connectivity index (χ1n) is 13.7. The third-order valence-corrected chi connectivity index (χ3v) is 6.98. The molecule has 0 aliphatic rings. The van der Waals surface area contributed by atoms with Crippen molar-refractivity contribution in [1.82, 2.24) is 4.57 Å². The predicted octanol–water partition coefficient (Wildman–Crippen LogP) is 8.87. The van der Waals surface area contributed by atoms with Crippen molar-refractivity contribution < 1.29 is 18.3 Å². The Morgan fingerprint density at radius 3 is 2.39 bits per heavy atom. The number of aryl methyl sites for hydroxylation is 1. The Morgan fingerprint density at radius 2 is 1.68 bits per heavy atom. The SMILES string of the molecule is CCCCCCOc1ccc2c(C(=O)CCc3ccc(F)c(F)c3)c(C(C)C)n(Cc3ccccc3)c2c1. The van der Waals surface area contributed by atoms with Gasteiger partial charge in [0, 0.05) is 35.7 Å². The average Bonchev–Trinajstić information content (AvgIpc) is 3.23. The second kappa shape index (κ2) is 12.9. The zero-order chi connectivity index (χ0) is 27.1. The van der Waals surface area contributed by atoms with Crippen LogP contribution in [0.2, 0.25) is 0 Å². The molecule has 0 fully saturated rings.